The molecule has 1 amide bonds. The number of anilines is 1. The zero-order chi connectivity index (χ0) is 14.4. The predicted octanol–water partition coefficient (Wildman–Crippen LogP) is 0.959. The smallest absolute Gasteiger partial charge is 0.341 e. The van der Waals surface area contributed by atoms with Crippen LogP contribution in [-0.4, -0.2) is 31.6 Å². The molecule has 19 heavy (non-hydrogen) atoms. The molecule has 6 nitrogen and oxygen atoms in total. The first kappa shape index (κ1) is 14.8. The summed E-state index contributed by atoms with van der Waals surface area (Å²) in [6, 6.07) is 4.57. The van der Waals surface area contributed by atoms with Crippen molar-refractivity contribution in [3.8, 4) is 5.75 Å². The summed E-state index contributed by atoms with van der Waals surface area (Å²) in [6.07, 6.45) is 0. The van der Waals surface area contributed by atoms with Gasteiger partial charge in [0.05, 0.1) is 7.11 Å². The Balaban J connectivity index is 2.79. The number of ether oxygens (including phenoxy) is 2. The van der Waals surface area contributed by atoms with E-state index >= 15 is 0 Å². The molecule has 0 aliphatic rings. The molecule has 0 radical (unpaired) electrons. The summed E-state index contributed by atoms with van der Waals surface area (Å²) in [5.74, 6) is -0.585. The Hall–Kier alpha value is -2.24. The Bertz CT molecular complexity index is 472. The fourth-order valence-corrected chi connectivity index (χ4v) is 1.44. The molecule has 0 saturated heterocycles. The number of carbonyl (C=O) groups excluding carboxylic acids is 2. The normalized spacial score (nSPS) is 10.1. The van der Waals surface area contributed by atoms with Crippen LogP contribution in [0.2, 0.25) is 0 Å². The molecule has 3 N–H and O–H groups in total. The lowest BCUT2D eigenvalue weighted by Crippen LogP contribution is -2.34. The molecule has 0 aliphatic carbocycles. The Morgan fingerprint density at radius 2 is 2.05 bits per heavy atom. The Morgan fingerprint density at radius 1 is 1.37 bits per heavy atom. The van der Waals surface area contributed by atoms with E-state index in [2.05, 4.69) is 10.1 Å². The van der Waals surface area contributed by atoms with Crippen molar-refractivity contribution >= 4 is 17.6 Å². The number of rotatable bonds is 5. The number of nitrogens with one attached hydrogen (secondary N) is 1. The van der Waals surface area contributed by atoms with Gasteiger partial charge in [-0.25, -0.2) is 4.79 Å². The number of hydrogen-bond donors (Lipinski definition) is 2. The van der Waals surface area contributed by atoms with E-state index in [9.17, 15) is 9.59 Å². The van der Waals surface area contributed by atoms with Gasteiger partial charge < -0.3 is 20.5 Å². The Morgan fingerprint density at radius 3 is 2.63 bits per heavy atom. The molecule has 6 heteroatoms. The summed E-state index contributed by atoms with van der Waals surface area (Å²) in [4.78, 5) is 23.0. The number of nitrogen functional groups attached to an aromatic ring is 1. The van der Waals surface area contributed by atoms with E-state index in [-0.39, 0.29) is 29.9 Å². The van der Waals surface area contributed by atoms with Crippen LogP contribution in [0.4, 0.5) is 5.69 Å². The third kappa shape index (κ3) is 4.50. The van der Waals surface area contributed by atoms with Gasteiger partial charge in [-0.1, -0.05) is 0 Å². The molecule has 0 atom stereocenters. The maximum absolute atomic E-state index is 11.5. The Labute approximate surface area is 111 Å². The van der Waals surface area contributed by atoms with Crippen molar-refractivity contribution in [2.24, 2.45) is 0 Å². The summed E-state index contributed by atoms with van der Waals surface area (Å²) in [5, 5.41) is 2.68. The maximum Gasteiger partial charge on any atom is 0.341 e. The molecule has 1 aromatic rings. The van der Waals surface area contributed by atoms with Gasteiger partial charge in [0.25, 0.3) is 5.91 Å². The highest BCUT2D eigenvalue weighted by molar-refractivity contribution is 5.93. The van der Waals surface area contributed by atoms with Crippen LogP contribution < -0.4 is 15.8 Å². The van der Waals surface area contributed by atoms with E-state index in [1.54, 1.807) is 6.07 Å². The average molecular weight is 266 g/mol. The first-order valence-electron chi connectivity index (χ1n) is 5.84. The second-order valence-corrected chi connectivity index (χ2v) is 4.26. The first-order chi connectivity index (χ1) is 8.93. The van der Waals surface area contributed by atoms with Crippen molar-refractivity contribution in [2.75, 3.05) is 19.5 Å². The van der Waals surface area contributed by atoms with E-state index in [1.807, 2.05) is 13.8 Å². The maximum atomic E-state index is 11.5. The molecule has 104 valence electrons. The Kier molecular flexibility index (Phi) is 5.17. The second-order valence-electron chi connectivity index (χ2n) is 4.26. The summed E-state index contributed by atoms with van der Waals surface area (Å²) in [6.45, 7) is 3.50. The number of nitrogens with two attached hydrogens (primary N) is 1. The van der Waals surface area contributed by atoms with Crippen molar-refractivity contribution in [3.05, 3.63) is 23.8 Å². The van der Waals surface area contributed by atoms with Crippen LogP contribution in [0.1, 0.15) is 24.2 Å². The molecule has 0 unspecified atom stereocenters. The predicted molar refractivity (Wildman–Crippen MR) is 71.0 cm³/mol. The molecule has 1 rings (SSSR count). The minimum Gasteiger partial charge on any atom is -0.483 e. The van der Waals surface area contributed by atoms with Crippen LogP contribution in [0.3, 0.4) is 0 Å². The van der Waals surface area contributed by atoms with Crippen LogP contribution >= 0.6 is 0 Å². The van der Waals surface area contributed by atoms with Crippen molar-refractivity contribution in [1.82, 2.24) is 5.32 Å². The largest absolute Gasteiger partial charge is 0.483 e. The molecule has 0 heterocycles. The van der Waals surface area contributed by atoms with Crippen LogP contribution in [0.5, 0.6) is 5.75 Å². The van der Waals surface area contributed by atoms with E-state index in [1.165, 1.54) is 19.2 Å². The fraction of sp³-hybridized carbons (Fsp3) is 0.385. The summed E-state index contributed by atoms with van der Waals surface area (Å²) in [5.41, 5.74) is 6.29. The molecule has 0 aromatic heterocycles. The molecular weight excluding hydrogens is 248 g/mol. The monoisotopic (exact) mass is 266 g/mol. The second kappa shape index (κ2) is 6.63. The van der Waals surface area contributed by atoms with Gasteiger partial charge in [0.2, 0.25) is 0 Å². The third-order valence-electron chi connectivity index (χ3n) is 2.22. The molecule has 0 spiro atoms. The lowest BCUT2D eigenvalue weighted by atomic mass is 10.2. The average Bonchev–Trinajstić information content (AvgIpc) is 2.34. The standard InChI is InChI=1S/C13H18N2O4/c1-8(2)15-12(16)7-19-11-6-9(14)4-5-10(11)13(17)18-3/h4-6,8H,7,14H2,1-3H3,(H,15,16). The van der Waals surface area contributed by atoms with Gasteiger partial charge in [0.1, 0.15) is 11.3 Å². The van der Waals surface area contributed by atoms with Gasteiger partial charge in [-0.15, -0.1) is 0 Å². The van der Waals surface area contributed by atoms with Crippen LogP contribution in [0, 0.1) is 0 Å². The molecule has 1 aromatic carbocycles. The van der Waals surface area contributed by atoms with Crippen molar-refractivity contribution < 1.29 is 19.1 Å². The van der Waals surface area contributed by atoms with Gasteiger partial charge in [0, 0.05) is 17.8 Å². The van der Waals surface area contributed by atoms with Crippen molar-refractivity contribution in [3.63, 3.8) is 0 Å². The minimum absolute atomic E-state index is 0.0250. The first-order valence-corrected chi connectivity index (χ1v) is 5.84. The van der Waals surface area contributed by atoms with Gasteiger partial charge in [0.15, 0.2) is 6.61 Å². The third-order valence-corrected chi connectivity index (χ3v) is 2.22. The molecule has 0 aliphatic heterocycles. The highest BCUT2D eigenvalue weighted by Gasteiger charge is 2.14. The molecule has 0 fully saturated rings. The molecular formula is C13H18N2O4. The zero-order valence-corrected chi connectivity index (χ0v) is 11.2. The van der Waals surface area contributed by atoms with E-state index in [0.29, 0.717) is 5.69 Å². The van der Waals surface area contributed by atoms with Gasteiger partial charge in [-0.2, -0.15) is 0 Å². The highest BCUT2D eigenvalue weighted by Crippen LogP contribution is 2.22. The van der Waals surface area contributed by atoms with Crippen LogP contribution in [0.25, 0.3) is 0 Å². The summed E-state index contributed by atoms with van der Waals surface area (Å²) < 4.78 is 9.94. The quantitative estimate of drug-likeness (QED) is 0.612. The van der Waals surface area contributed by atoms with Crippen molar-refractivity contribution in [1.29, 1.82) is 0 Å². The van der Waals surface area contributed by atoms with Gasteiger partial charge >= 0.3 is 5.97 Å². The summed E-state index contributed by atoms with van der Waals surface area (Å²) >= 11 is 0. The van der Waals surface area contributed by atoms with Crippen molar-refractivity contribution in [2.45, 2.75) is 19.9 Å². The number of hydrogen-bond acceptors (Lipinski definition) is 5. The van der Waals surface area contributed by atoms with Gasteiger partial charge in [-0.05, 0) is 26.0 Å². The lowest BCUT2D eigenvalue weighted by Gasteiger charge is -2.12. The minimum atomic E-state index is -0.542. The molecule has 0 saturated carbocycles. The van der Waals surface area contributed by atoms with Crippen LogP contribution in [-0.2, 0) is 9.53 Å². The van der Waals surface area contributed by atoms with E-state index in [4.69, 9.17) is 10.5 Å². The highest BCUT2D eigenvalue weighted by atomic mass is 16.5. The van der Waals surface area contributed by atoms with Crippen LogP contribution in [0.15, 0.2) is 18.2 Å². The number of carbonyl (C=O) groups is 2. The van der Waals surface area contributed by atoms with Gasteiger partial charge in [-0.3, -0.25) is 4.79 Å². The molecule has 0 bridgehead atoms. The number of benzene rings is 1. The van der Waals surface area contributed by atoms with E-state index in [0.717, 1.165) is 0 Å². The van der Waals surface area contributed by atoms with E-state index < -0.39 is 5.97 Å². The number of esters is 1. The summed E-state index contributed by atoms with van der Waals surface area (Å²) in [7, 11) is 1.27. The number of amides is 1. The fourth-order valence-electron chi connectivity index (χ4n) is 1.44. The zero-order valence-electron chi connectivity index (χ0n) is 11.2. The SMILES string of the molecule is COC(=O)c1ccc(N)cc1OCC(=O)NC(C)C. The number of methoxy groups -OCH3 is 1. The topological polar surface area (TPSA) is 90.7 Å². The lowest BCUT2D eigenvalue weighted by molar-refractivity contribution is -0.123.